The van der Waals surface area contributed by atoms with Crippen LogP contribution in [-0.4, -0.2) is 11.5 Å². The predicted octanol–water partition coefficient (Wildman–Crippen LogP) is 2.81. The minimum atomic E-state index is 0.310. The molecular weight excluding hydrogens is 207 g/mol. The van der Waals surface area contributed by atoms with Crippen molar-refractivity contribution >= 4 is 23.2 Å². The Kier molecular flexibility index (Phi) is 2.72. The Morgan fingerprint density at radius 2 is 2.31 bits per heavy atom. The molecule has 1 aliphatic rings. The van der Waals surface area contributed by atoms with Crippen molar-refractivity contribution in [3.8, 4) is 0 Å². The first-order valence-electron chi connectivity index (χ1n) is 4.31. The lowest BCUT2D eigenvalue weighted by Crippen LogP contribution is -2.14. The number of nitrogens with one attached hydrogen (secondary N) is 1. The standard InChI is InChI=1S/C9H10Cl2N2/c10-6-4-7(11)9(13-5-6)8-2-1-3-12-8/h4-5,8,12H,1-3H2/t8-/m0/s1. The molecule has 0 unspecified atom stereocenters. The number of hydrogen-bond donors (Lipinski definition) is 1. The van der Waals surface area contributed by atoms with E-state index in [2.05, 4.69) is 10.3 Å². The molecule has 0 radical (unpaired) electrons. The molecule has 1 atom stereocenters. The van der Waals surface area contributed by atoms with Gasteiger partial charge in [-0.1, -0.05) is 23.2 Å². The molecule has 70 valence electrons. The van der Waals surface area contributed by atoms with E-state index >= 15 is 0 Å². The van der Waals surface area contributed by atoms with Gasteiger partial charge in [-0.2, -0.15) is 0 Å². The van der Waals surface area contributed by atoms with E-state index in [4.69, 9.17) is 23.2 Å². The number of nitrogens with zero attached hydrogens (tertiary/aromatic N) is 1. The van der Waals surface area contributed by atoms with Gasteiger partial charge in [-0.25, -0.2) is 0 Å². The molecule has 1 saturated heterocycles. The molecule has 0 aromatic carbocycles. The van der Waals surface area contributed by atoms with Gasteiger partial charge in [0.15, 0.2) is 0 Å². The summed E-state index contributed by atoms with van der Waals surface area (Å²) in [7, 11) is 0. The molecule has 4 heteroatoms. The van der Waals surface area contributed by atoms with E-state index in [1.807, 2.05) is 0 Å². The lowest BCUT2D eigenvalue weighted by molar-refractivity contribution is 0.628. The average molecular weight is 217 g/mol. The van der Waals surface area contributed by atoms with Crippen molar-refractivity contribution in [3.63, 3.8) is 0 Å². The van der Waals surface area contributed by atoms with Crippen LogP contribution in [0.2, 0.25) is 10.0 Å². The molecule has 1 fully saturated rings. The zero-order chi connectivity index (χ0) is 9.26. The van der Waals surface area contributed by atoms with Crippen LogP contribution >= 0.6 is 23.2 Å². The van der Waals surface area contributed by atoms with E-state index in [1.165, 1.54) is 6.42 Å². The highest BCUT2D eigenvalue weighted by Gasteiger charge is 2.19. The van der Waals surface area contributed by atoms with E-state index in [0.717, 1.165) is 18.7 Å². The molecule has 1 aromatic heterocycles. The van der Waals surface area contributed by atoms with Crippen molar-refractivity contribution < 1.29 is 0 Å². The minimum Gasteiger partial charge on any atom is -0.309 e. The molecule has 13 heavy (non-hydrogen) atoms. The average Bonchev–Trinajstić information content (AvgIpc) is 2.56. The summed E-state index contributed by atoms with van der Waals surface area (Å²) in [6, 6.07) is 2.05. The van der Waals surface area contributed by atoms with Gasteiger partial charge < -0.3 is 5.32 Å². The summed E-state index contributed by atoms with van der Waals surface area (Å²) in [5, 5.41) is 4.59. The second-order valence-electron chi connectivity index (χ2n) is 3.17. The predicted molar refractivity (Wildman–Crippen MR) is 54.2 cm³/mol. The van der Waals surface area contributed by atoms with Gasteiger partial charge in [0, 0.05) is 6.20 Å². The molecule has 1 aliphatic heterocycles. The van der Waals surface area contributed by atoms with Gasteiger partial charge in [0.1, 0.15) is 0 Å². The summed E-state index contributed by atoms with van der Waals surface area (Å²) in [5.74, 6) is 0. The molecular formula is C9H10Cl2N2. The van der Waals surface area contributed by atoms with Gasteiger partial charge in [0.25, 0.3) is 0 Å². The Bertz CT molecular complexity index is 308. The first-order valence-corrected chi connectivity index (χ1v) is 5.07. The molecule has 2 heterocycles. The Balaban J connectivity index is 2.29. The van der Waals surface area contributed by atoms with Gasteiger partial charge in [-0.3, -0.25) is 4.98 Å². The van der Waals surface area contributed by atoms with Crippen LogP contribution < -0.4 is 5.32 Å². The second-order valence-corrected chi connectivity index (χ2v) is 4.01. The van der Waals surface area contributed by atoms with Gasteiger partial charge >= 0.3 is 0 Å². The topological polar surface area (TPSA) is 24.9 Å². The number of pyridine rings is 1. The van der Waals surface area contributed by atoms with Gasteiger partial charge in [0.2, 0.25) is 0 Å². The quantitative estimate of drug-likeness (QED) is 0.782. The molecule has 0 spiro atoms. The summed E-state index contributed by atoms with van der Waals surface area (Å²) in [6.45, 7) is 1.05. The highest BCUT2D eigenvalue weighted by Crippen LogP contribution is 2.28. The monoisotopic (exact) mass is 216 g/mol. The fourth-order valence-corrected chi connectivity index (χ4v) is 2.11. The normalized spacial score (nSPS) is 22.2. The van der Waals surface area contributed by atoms with Crippen LogP contribution in [0.3, 0.4) is 0 Å². The highest BCUT2D eigenvalue weighted by atomic mass is 35.5. The summed E-state index contributed by atoms with van der Waals surface area (Å²) < 4.78 is 0. The van der Waals surface area contributed by atoms with E-state index < -0.39 is 0 Å². The van der Waals surface area contributed by atoms with Crippen LogP contribution in [-0.2, 0) is 0 Å². The Morgan fingerprint density at radius 3 is 2.92 bits per heavy atom. The maximum Gasteiger partial charge on any atom is 0.0760 e. The van der Waals surface area contributed by atoms with Crippen LogP contribution in [0.4, 0.5) is 0 Å². The molecule has 0 amide bonds. The summed E-state index contributed by atoms with van der Waals surface area (Å²) in [4.78, 5) is 4.23. The van der Waals surface area contributed by atoms with Crippen molar-refractivity contribution in [1.29, 1.82) is 0 Å². The van der Waals surface area contributed by atoms with Crippen LogP contribution in [0.15, 0.2) is 12.3 Å². The van der Waals surface area contributed by atoms with Crippen molar-refractivity contribution in [3.05, 3.63) is 28.0 Å². The van der Waals surface area contributed by atoms with Gasteiger partial charge in [-0.15, -0.1) is 0 Å². The third-order valence-corrected chi connectivity index (χ3v) is 2.74. The number of hydrogen-bond acceptors (Lipinski definition) is 2. The SMILES string of the molecule is Clc1cnc([C@@H]2CCCN2)c(Cl)c1. The van der Waals surface area contributed by atoms with Crippen LogP contribution in [0, 0.1) is 0 Å². The first kappa shape index (κ1) is 9.25. The van der Waals surface area contributed by atoms with Crippen LogP contribution in [0.5, 0.6) is 0 Å². The fourth-order valence-electron chi connectivity index (χ4n) is 1.60. The Hall–Kier alpha value is -0.310. The summed E-state index contributed by atoms with van der Waals surface area (Å²) in [5.41, 5.74) is 0.920. The minimum absolute atomic E-state index is 0.310. The third-order valence-electron chi connectivity index (χ3n) is 2.23. The highest BCUT2D eigenvalue weighted by molar-refractivity contribution is 6.34. The lowest BCUT2D eigenvalue weighted by Gasteiger charge is -2.10. The van der Waals surface area contributed by atoms with E-state index in [-0.39, 0.29) is 0 Å². The smallest absolute Gasteiger partial charge is 0.0760 e. The largest absolute Gasteiger partial charge is 0.309 e. The molecule has 2 nitrogen and oxygen atoms in total. The maximum atomic E-state index is 6.02. The van der Waals surface area contributed by atoms with Gasteiger partial charge in [-0.05, 0) is 25.5 Å². The zero-order valence-electron chi connectivity index (χ0n) is 7.06. The summed E-state index contributed by atoms with van der Waals surface area (Å²) >= 11 is 11.8. The zero-order valence-corrected chi connectivity index (χ0v) is 8.57. The number of rotatable bonds is 1. The van der Waals surface area contributed by atoms with Crippen molar-refractivity contribution in [2.75, 3.05) is 6.54 Å². The third kappa shape index (κ3) is 1.96. The van der Waals surface area contributed by atoms with E-state index in [0.29, 0.717) is 16.1 Å². The van der Waals surface area contributed by atoms with Crippen LogP contribution in [0.1, 0.15) is 24.6 Å². The Morgan fingerprint density at radius 1 is 1.46 bits per heavy atom. The van der Waals surface area contributed by atoms with Crippen LogP contribution in [0.25, 0.3) is 0 Å². The maximum absolute atomic E-state index is 6.02. The molecule has 0 bridgehead atoms. The lowest BCUT2D eigenvalue weighted by atomic mass is 10.1. The summed E-state index contributed by atoms with van der Waals surface area (Å²) in [6.07, 6.45) is 3.93. The molecule has 1 aromatic rings. The van der Waals surface area contributed by atoms with Crippen molar-refractivity contribution in [2.45, 2.75) is 18.9 Å². The molecule has 0 aliphatic carbocycles. The van der Waals surface area contributed by atoms with E-state index in [9.17, 15) is 0 Å². The fraction of sp³-hybridized carbons (Fsp3) is 0.444. The molecule has 1 N–H and O–H groups in total. The van der Waals surface area contributed by atoms with Crippen molar-refractivity contribution in [1.82, 2.24) is 10.3 Å². The van der Waals surface area contributed by atoms with Crippen molar-refractivity contribution in [2.24, 2.45) is 0 Å². The number of aromatic nitrogens is 1. The molecule has 0 saturated carbocycles. The first-order chi connectivity index (χ1) is 6.27. The van der Waals surface area contributed by atoms with E-state index in [1.54, 1.807) is 12.3 Å². The number of halogens is 2. The Labute approximate surface area is 87.3 Å². The second kappa shape index (κ2) is 3.82. The molecule has 2 rings (SSSR count). The van der Waals surface area contributed by atoms with Gasteiger partial charge in [0.05, 0.1) is 21.8 Å².